The average molecular weight is 353 g/mol. The van der Waals surface area contributed by atoms with Crippen LogP contribution in [-0.2, 0) is 10.0 Å². The Morgan fingerprint density at radius 3 is 2.64 bits per heavy atom. The first kappa shape index (κ1) is 19.2. The second-order valence-corrected chi connectivity index (χ2v) is 7.02. The molecule has 0 saturated heterocycles. The van der Waals surface area contributed by atoms with Crippen molar-refractivity contribution in [1.29, 1.82) is 0 Å². The molecule has 1 aromatic carbocycles. The van der Waals surface area contributed by atoms with Crippen molar-refractivity contribution in [2.45, 2.75) is 36.6 Å². The van der Waals surface area contributed by atoms with Crippen LogP contribution in [0.2, 0.25) is 0 Å². The lowest BCUT2D eigenvalue weighted by molar-refractivity contribution is 0.296. The molecule has 1 aliphatic carbocycles. The highest BCUT2D eigenvalue weighted by atomic mass is 35.5. The molecule has 0 aliphatic heterocycles. The molecule has 2 atom stereocenters. The maximum absolute atomic E-state index is 13.7. The van der Waals surface area contributed by atoms with E-state index in [1.54, 1.807) is 0 Å². The standard InChI is InChI=1S/C14H21FN2O3S.ClH/c1-20-14-7-6-11(8-12(14)15)21(18,19)17-13-5-3-2-4-10(13)9-16;/h6-8,10,13,17H,2-5,9,16H2,1H3;1H. The van der Waals surface area contributed by atoms with Gasteiger partial charge in [0.15, 0.2) is 11.6 Å². The Balaban J connectivity index is 0.00000242. The highest BCUT2D eigenvalue weighted by Gasteiger charge is 2.29. The number of hydrogen-bond acceptors (Lipinski definition) is 4. The first-order valence-corrected chi connectivity index (χ1v) is 8.52. The van der Waals surface area contributed by atoms with E-state index < -0.39 is 15.8 Å². The molecule has 0 aromatic heterocycles. The van der Waals surface area contributed by atoms with E-state index in [4.69, 9.17) is 10.5 Å². The molecule has 1 saturated carbocycles. The minimum atomic E-state index is -3.75. The van der Waals surface area contributed by atoms with Crippen LogP contribution >= 0.6 is 12.4 Å². The second kappa shape index (κ2) is 8.10. The SMILES string of the molecule is COc1ccc(S(=O)(=O)NC2CCCCC2CN)cc1F.Cl. The Kier molecular flexibility index (Phi) is 7.05. The predicted octanol–water partition coefficient (Wildman–Crippen LogP) is 2.05. The Bertz CT molecular complexity index is 598. The third kappa shape index (κ3) is 4.32. The van der Waals surface area contributed by atoms with Gasteiger partial charge in [-0.2, -0.15) is 0 Å². The van der Waals surface area contributed by atoms with Crippen molar-refractivity contribution in [3.8, 4) is 5.75 Å². The molecule has 0 heterocycles. The minimum Gasteiger partial charge on any atom is -0.494 e. The highest BCUT2D eigenvalue weighted by Crippen LogP contribution is 2.26. The van der Waals surface area contributed by atoms with Crippen molar-refractivity contribution in [2.24, 2.45) is 11.7 Å². The fraction of sp³-hybridized carbons (Fsp3) is 0.571. The Labute approximate surface area is 136 Å². The van der Waals surface area contributed by atoms with Crippen LogP contribution in [0.1, 0.15) is 25.7 Å². The number of methoxy groups -OCH3 is 1. The van der Waals surface area contributed by atoms with Crippen LogP contribution in [0.3, 0.4) is 0 Å². The summed E-state index contributed by atoms with van der Waals surface area (Å²) in [6.07, 6.45) is 3.72. The van der Waals surface area contributed by atoms with Crippen LogP contribution < -0.4 is 15.2 Å². The molecule has 2 unspecified atom stereocenters. The van der Waals surface area contributed by atoms with Gasteiger partial charge in [0, 0.05) is 6.04 Å². The minimum absolute atomic E-state index is 0. The lowest BCUT2D eigenvalue weighted by atomic mass is 9.85. The third-order valence-electron chi connectivity index (χ3n) is 3.95. The van der Waals surface area contributed by atoms with Gasteiger partial charge in [-0.15, -0.1) is 12.4 Å². The summed E-state index contributed by atoms with van der Waals surface area (Å²) in [6, 6.07) is 3.44. The smallest absolute Gasteiger partial charge is 0.240 e. The molecule has 0 bridgehead atoms. The molecule has 5 nitrogen and oxygen atoms in total. The van der Waals surface area contributed by atoms with Crippen molar-refractivity contribution in [3.05, 3.63) is 24.0 Å². The molecule has 1 aromatic rings. The van der Waals surface area contributed by atoms with E-state index in [-0.39, 0.29) is 35.0 Å². The van der Waals surface area contributed by atoms with E-state index in [1.165, 1.54) is 19.2 Å². The van der Waals surface area contributed by atoms with Crippen LogP contribution in [0, 0.1) is 11.7 Å². The largest absolute Gasteiger partial charge is 0.494 e. The normalized spacial score (nSPS) is 22.0. The second-order valence-electron chi connectivity index (χ2n) is 5.30. The zero-order valence-electron chi connectivity index (χ0n) is 12.4. The molecular formula is C14H22ClFN2O3S. The van der Waals surface area contributed by atoms with E-state index in [1.807, 2.05) is 0 Å². The van der Waals surface area contributed by atoms with Crippen molar-refractivity contribution in [1.82, 2.24) is 4.72 Å². The van der Waals surface area contributed by atoms with E-state index >= 15 is 0 Å². The van der Waals surface area contributed by atoms with Crippen LogP contribution in [0.15, 0.2) is 23.1 Å². The predicted molar refractivity (Wildman–Crippen MR) is 85.3 cm³/mol. The van der Waals surface area contributed by atoms with Gasteiger partial charge in [-0.1, -0.05) is 12.8 Å². The molecule has 0 radical (unpaired) electrons. The van der Waals surface area contributed by atoms with Gasteiger partial charge < -0.3 is 10.5 Å². The quantitative estimate of drug-likeness (QED) is 0.849. The Hall–Kier alpha value is -0.890. The van der Waals surface area contributed by atoms with Gasteiger partial charge in [-0.25, -0.2) is 17.5 Å². The molecule has 3 N–H and O–H groups in total. The van der Waals surface area contributed by atoms with E-state index in [0.29, 0.717) is 6.54 Å². The van der Waals surface area contributed by atoms with Crippen LogP contribution in [0.4, 0.5) is 4.39 Å². The maximum Gasteiger partial charge on any atom is 0.240 e. The van der Waals surface area contributed by atoms with Crippen LogP contribution in [0.25, 0.3) is 0 Å². The monoisotopic (exact) mass is 352 g/mol. The fourth-order valence-electron chi connectivity index (χ4n) is 2.73. The average Bonchev–Trinajstić information content (AvgIpc) is 2.47. The first-order valence-electron chi connectivity index (χ1n) is 7.04. The van der Waals surface area contributed by atoms with Gasteiger partial charge in [-0.3, -0.25) is 0 Å². The topological polar surface area (TPSA) is 81.4 Å². The van der Waals surface area contributed by atoms with Gasteiger partial charge in [0.1, 0.15) is 0 Å². The molecule has 1 aliphatic rings. The van der Waals surface area contributed by atoms with Crippen molar-refractivity contribution >= 4 is 22.4 Å². The van der Waals surface area contributed by atoms with E-state index in [0.717, 1.165) is 31.7 Å². The third-order valence-corrected chi connectivity index (χ3v) is 5.44. The highest BCUT2D eigenvalue weighted by molar-refractivity contribution is 7.89. The number of ether oxygens (including phenoxy) is 1. The van der Waals surface area contributed by atoms with Gasteiger partial charge >= 0.3 is 0 Å². The summed E-state index contributed by atoms with van der Waals surface area (Å²) in [5, 5.41) is 0. The number of nitrogens with one attached hydrogen (secondary N) is 1. The fourth-order valence-corrected chi connectivity index (χ4v) is 4.08. The van der Waals surface area contributed by atoms with Gasteiger partial charge in [0.25, 0.3) is 0 Å². The molecule has 2 rings (SSSR count). The lowest BCUT2D eigenvalue weighted by Crippen LogP contribution is -2.44. The Morgan fingerprint density at radius 1 is 1.36 bits per heavy atom. The molecule has 1 fully saturated rings. The summed E-state index contributed by atoms with van der Waals surface area (Å²) in [5.74, 6) is -0.539. The van der Waals surface area contributed by atoms with Crippen molar-refractivity contribution in [2.75, 3.05) is 13.7 Å². The molecular weight excluding hydrogens is 331 g/mol. The lowest BCUT2D eigenvalue weighted by Gasteiger charge is -2.31. The van der Waals surface area contributed by atoms with Gasteiger partial charge in [-0.05, 0) is 43.5 Å². The zero-order chi connectivity index (χ0) is 15.5. The number of benzene rings is 1. The molecule has 8 heteroatoms. The van der Waals surface area contributed by atoms with Gasteiger partial charge in [0.05, 0.1) is 12.0 Å². The zero-order valence-corrected chi connectivity index (χ0v) is 14.1. The number of nitrogens with two attached hydrogens (primary N) is 1. The molecule has 0 spiro atoms. The summed E-state index contributed by atoms with van der Waals surface area (Å²) in [5.41, 5.74) is 5.70. The van der Waals surface area contributed by atoms with Crippen molar-refractivity contribution < 1.29 is 17.5 Å². The van der Waals surface area contributed by atoms with E-state index in [2.05, 4.69) is 4.72 Å². The number of sulfonamides is 1. The summed E-state index contributed by atoms with van der Waals surface area (Å²) >= 11 is 0. The van der Waals surface area contributed by atoms with Crippen molar-refractivity contribution in [3.63, 3.8) is 0 Å². The summed E-state index contributed by atoms with van der Waals surface area (Å²) < 4.78 is 45.8. The maximum atomic E-state index is 13.7. The number of rotatable bonds is 5. The summed E-state index contributed by atoms with van der Waals surface area (Å²) in [6.45, 7) is 0.449. The summed E-state index contributed by atoms with van der Waals surface area (Å²) in [7, 11) is -2.42. The number of hydrogen-bond donors (Lipinski definition) is 2. The molecule has 126 valence electrons. The molecule has 22 heavy (non-hydrogen) atoms. The van der Waals surface area contributed by atoms with Crippen LogP contribution in [-0.4, -0.2) is 28.1 Å². The van der Waals surface area contributed by atoms with Crippen LogP contribution in [0.5, 0.6) is 5.75 Å². The van der Waals surface area contributed by atoms with Gasteiger partial charge in [0.2, 0.25) is 10.0 Å². The summed E-state index contributed by atoms with van der Waals surface area (Å²) in [4.78, 5) is -0.0952. The number of halogens is 2. The Morgan fingerprint density at radius 2 is 2.05 bits per heavy atom. The molecule has 0 amide bonds. The first-order chi connectivity index (χ1) is 9.97. The van der Waals surface area contributed by atoms with E-state index in [9.17, 15) is 12.8 Å².